The first-order valence-electron chi connectivity index (χ1n) is 8.42. The Morgan fingerprint density at radius 2 is 1.92 bits per heavy atom. The minimum Gasteiger partial charge on any atom is -0.312 e. The Morgan fingerprint density at radius 1 is 1.08 bits per heavy atom. The maximum Gasteiger partial charge on any atom is 0.227 e. The normalized spacial score (nSPS) is 20.1. The van der Waals surface area contributed by atoms with E-state index in [1.54, 1.807) is 0 Å². The average Bonchev–Trinajstić information content (AvgIpc) is 3.03. The van der Waals surface area contributed by atoms with E-state index in [1.165, 1.54) is 11.1 Å². The van der Waals surface area contributed by atoms with Crippen molar-refractivity contribution in [2.45, 2.75) is 25.3 Å². The summed E-state index contributed by atoms with van der Waals surface area (Å²) >= 11 is 0. The van der Waals surface area contributed by atoms with Gasteiger partial charge in [-0.25, -0.2) is 0 Å². The molecule has 2 aliphatic heterocycles. The molecule has 2 aliphatic rings. The zero-order valence-corrected chi connectivity index (χ0v) is 13.5. The second-order valence-corrected chi connectivity index (χ2v) is 6.57. The molecule has 2 aromatic rings. The minimum atomic E-state index is 0.174. The van der Waals surface area contributed by atoms with E-state index < -0.39 is 0 Å². The van der Waals surface area contributed by atoms with Crippen LogP contribution in [0.2, 0.25) is 0 Å². The van der Waals surface area contributed by atoms with Crippen LogP contribution in [0.3, 0.4) is 0 Å². The smallest absolute Gasteiger partial charge is 0.227 e. The fourth-order valence-electron chi connectivity index (χ4n) is 3.66. The summed E-state index contributed by atoms with van der Waals surface area (Å²) in [5.41, 5.74) is 5.48. The summed E-state index contributed by atoms with van der Waals surface area (Å²) < 4.78 is 0. The monoisotopic (exact) mass is 320 g/mol. The molecule has 2 aromatic carbocycles. The lowest BCUT2D eigenvalue weighted by atomic mass is 9.97. The molecule has 0 saturated carbocycles. The zero-order chi connectivity index (χ0) is 16.5. The average molecular weight is 320 g/mol. The third kappa shape index (κ3) is 2.74. The number of benzene rings is 2. The van der Waals surface area contributed by atoms with E-state index in [9.17, 15) is 9.59 Å². The fraction of sp³-hybridized carbons (Fsp3) is 0.300. The number of hydrogen-bond donors (Lipinski definition) is 1. The van der Waals surface area contributed by atoms with Gasteiger partial charge in [0.2, 0.25) is 5.91 Å². The summed E-state index contributed by atoms with van der Waals surface area (Å²) in [6.07, 6.45) is 2.39. The summed E-state index contributed by atoms with van der Waals surface area (Å²) in [5, 5.41) is 3.37. The minimum absolute atomic E-state index is 0.174. The van der Waals surface area contributed by atoms with Crippen LogP contribution in [0, 0.1) is 0 Å². The van der Waals surface area contributed by atoms with E-state index >= 15 is 0 Å². The van der Waals surface area contributed by atoms with Crippen LogP contribution in [0.4, 0.5) is 5.69 Å². The largest absolute Gasteiger partial charge is 0.312 e. The molecule has 1 N–H and O–H groups in total. The number of anilines is 1. The van der Waals surface area contributed by atoms with E-state index in [1.807, 2.05) is 29.2 Å². The van der Waals surface area contributed by atoms with Gasteiger partial charge in [-0.05, 0) is 41.8 Å². The molecule has 122 valence electrons. The maximum atomic E-state index is 12.5. The second kappa shape index (κ2) is 6.21. The molecule has 1 saturated heterocycles. The molecule has 1 unspecified atom stereocenters. The van der Waals surface area contributed by atoms with Gasteiger partial charge in [-0.1, -0.05) is 30.3 Å². The van der Waals surface area contributed by atoms with Gasteiger partial charge in [0.25, 0.3) is 0 Å². The Balaban J connectivity index is 1.56. The van der Waals surface area contributed by atoms with Crippen LogP contribution in [-0.4, -0.2) is 25.3 Å². The van der Waals surface area contributed by atoms with Gasteiger partial charge in [0.05, 0.1) is 0 Å². The Hall–Kier alpha value is -2.46. The number of carbonyl (C=O) groups is 2. The number of hydrogen-bond acceptors (Lipinski definition) is 3. The zero-order valence-electron chi connectivity index (χ0n) is 13.5. The first kappa shape index (κ1) is 15.1. The van der Waals surface area contributed by atoms with Crippen LogP contribution >= 0.6 is 0 Å². The van der Waals surface area contributed by atoms with Crippen molar-refractivity contribution in [3.8, 4) is 0 Å². The third-order valence-electron chi connectivity index (χ3n) is 5.06. The number of nitrogens with one attached hydrogen (secondary N) is 1. The summed E-state index contributed by atoms with van der Waals surface area (Å²) in [6.45, 7) is 2.61. The van der Waals surface area contributed by atoms with Crippen molar-refractivity contribution in [2.75, 3.05) is 18.0 Å². The Kier molecular flexibility index (Phi) is 3.90. The van der Waals surface area contributed by atoms with E-state index in [0.717, 1.165) is 37.0 Å². The molecule has 1 amide bonds. The van der Waals surface area contributed by atoms with Gasteiger partial charge in [0.1, 0.15) is 6.29 Å². The first-order chi connectivity index (χ1) is 11.7. The number of carbonyl (C=O) groups excluding carboxylic acids is 2. The fourth-order valence-corrected chi connectivity index (χ4v) is 3.66. The second-order valence-electron chi connectivity index (χ2n) is 6.57. The SMILES string of the molecule is O=Cc1ccc(C2CC(=O)N(c3ccc4c(c3)CCNC4)C2)cc1. The van der Waals surface area contributed by atoms with Crippen LogP contribution in [0.15, 0.2) is 42.5 Å². The molecule has 24 heavy (non-hydrogen) atoms. The molecule has 0 radical (unpaired) electrons. The number of nitrogens with zero attached hydrogens (tertiary/aromatic N) is 1. The molecule has 1 fully saturated rings. The molecule has 4 rings (SSSR count). The first-order valence-corrected chi connectivity index (χ1v) is 8.42. The third-order valence-corrected chi connectivity index (χ3v) is 5.06. The molecular weight excluding hydrogens is 300 g/mol. The summed E-state index contributed by atoms with van der Waals surface area (Å²) in [5.74, 6) is 0.365. The van der Waals surface area contributed by atoms with Gasteiger partial charge in [-0.3, -0.25) is 9.59 Å². The predicted octanol–water partition coefficient (Wildman–Crippen LogP) is 2.67. The van der Waals surface area contributed by atoms with Gasteiger partial charge in [-0.2, -0.15) is 0 Å². The molecule has 4 nitrogen and oxygen atoms in total. The molecule has 4 heteroatoms. The van der Waals surface area contributed by atoms with Crippen LogP contribution in [0.25, 0.3) is 0 Å². The number of fused-ring (bicyclic) bond motifs is 1. The van der Waals surface area contributed by atoms with E-state index in [0.29, 0.717) is 18.5 Å². The highest BCUT2D eigenvalue weighted by atomic mass is 16.2. The molecule has 0 bridgehead atoms. The van der Waals surface area contributed by atoms with Crippen molar-refractivity contribution >= 4 is 17.9 Å². The van der Waals surface area contributed by atoms with Gasteiger partial charge in [-0.15, -0.1) is 0 Å². The highest BCUT2D eigenvalue weighted by Gasteiger charge is 2.31. The van der Waals surface area contributed by atoms with E-state index in [2.05, 4.69) is 23.5 Å². The van der Waals surface area contributed by atoms with E-state index in [-0.39, 0.29) is 11.8 Å². The van der Waals surface area contributed by atoms with Gasteiger partial charge < -0.3 is 10.2 Å². The Morgan fingerprint density at radius 3 is 2.71 bits per heavy atom. The number of rotatable bonds is 3. The van der Waals surface area contributed by atoms with Crippen LogP contribution in [-0.2, 0) is 17.8 Å². The molecule has 0 spiro atoms. The van der Waals surface area contributed by atoms with Crippen molar-refractivity contribution in [3.63, 3.8) is 0 Å². The van der Waals surface area contributed by atoms with Gasteiger partial charge >= 0.3 is 0 Å². The molecular formula is C20H20N2O2. The Bertz CT molecular complexity index is 783. The molecule has 1 atom stereocenters. The Labute approximate surface area is 141 Å². The van der Waals surface area contributed by atoms with Crippen LogP contribution in [0.5, 0.6) is 0 Å². The van der Waals surface area contributed by atoms with Crippen molar-refractivity contribution in [1.82, 2.24) is 5.32 Å². The highest BCUT2D eigenvalue weighted by Crippen LogP contribution is 2.33. The number of amides is 1. The van der Waals surface area contributed by atoms with Crippen LogP contribution < -0.4 is 10.2 Å². The lowest BCUT2D eigenvalue weighted by molar-refractivity contribution is -0.117. The number of aldehydes is 1. The summed E-state index contributed by atoms with van der Waals surface area (Å²) in [6, 6.07) is 13.9. The summed E-state index contributed by atoms with van der Waals surface area (Å²) in [7, 11) is 0. The topological polar surface area (TPSA) is 49.4 Å². The molecule has 0 aliphatic carbocycles. The molecule has 2 heterocycles. The quantitative estimate of drug-likeness (QED) is 0.885. The van der Waals surface area contributed by atoms with Gasteiger partial charge in [0, 0.05) is 36.7 Å². The van der Waals surface area contributed by atoms with Gasteiger partial charge in [0.15, 0.2) is 0 Å². The highest BCUT2D eigenvalue weighted by molar-refractivity contribution is 5.96. The van der Waals surface area contributed by atoms with Crippen molar-refractivity contribution < 1.29 is 9.59 Å². The molecule has 0 aromatic heterocycles. The lowest BCUT2D eigenvalue weighted by Crippen LogP contribution is -2.26. The summed E-state index contributed by atoms with van der Waals surface area (Å²) in [4.78, 5) is 25.2. The standard InChI is InChI=1S/C20H20N2O2/c23-13-14-1-3-15(4-2-14)18-10-20(24)22(12-18)19-6-5-17-11-21-8-7-16(17)9-19/h1-6,9,13,18,21H,7-8,10-12H2. The van der Waals surface area contributed by atoms with Crippen molar-refractivity contribution in [2.24, 2.45) is 0 Å². The van der Waals surface area contributed by atoms with Crippen LogP contribution in [0.1, 0.15) is 39.4 Å². The lowest BCUT2D eigenvalue weighted by Gasteiger charge is -2.22. The predicted molar refractivity (Wildman–Crippen MR) is 93.4 cm³/mol. The van der Waals surface area contributed by atoms with E-state index in [4.69, 9.17) is 0 Å². The maximum absolute atomic E-state index is 12.5. The van der Waals surface area contributed by atoms with Crippen molar-refractivity contribution in [1.29, 1.82) is 0 Å². The van der Waals surface area contributed by atoms with Crippen molar-refractivity contribution in [3.05, 3.63) is 64.7 Å².